The Kier molecular flexibility index (Phi) is 4.72. The Morgan fingerprint density at radius 2 is 1.81 bits per heavy atom. The molecule has 2 heterocycles. The molecule has 27 heavy (non-hydrogen) atoms. The van der Waals surface area contributed by atoms with Crippen molar-refractivity contribution in [1.82, 2.24) is 19.6 Å². The van der Waals surface area contributed by atoms with Gasteiger partial charge in [0.1, 0.15) is 11.6 Å². The number of benzene rings is 2. The number of rotatable bonds is 5. The van der Waals surface area contributed by atoms with E-state index in [9.17, 15) is 13.9 Å². The van der Waals surface area contributed by atoms with Gasteiger partial charge in [-0.25, -0.2) is 13.8 Å². The highest BCUT2D eigenvalue weighted by Gasteiger charge is 2.12. The lowest BCUT2D eigenvalue weighted by Gasteiger charge is -2.04. The SMILES string of the molecule is Oc1cc(CSc2cc(F)ccc2F)nc2nc(Cc3ccccc3)nn12. The molecule has 0 radical (unpaired) electrons. The van der Waals surface area contributed by atoms with Crippen molar-refractivity contribution in [3.05, 3.63) is 83.3 Å². The van der Waals surface area contributed by atoms with Gasteiger partial charge in [-0.1, -0.05) is 30.3 Å². The molecule has 0 bridgehead atoms. The monoisotopic (exact) mass is 384 g/mol. The van der Waals surface area contributed by atoms with Gasteiger partial charge in [-0.15, -0.1) is 16.9 Å². The first-order chi connectivity index (χ1) is 13.1. The van der Waals surface area contributed by atoms with Gasteiger partial charge < -0.3 is 5.11 Å². The van der Waals surface area contributed by atoms with Gasteiger partial charge in [-0.3, -0.25) is 0 Å². The zero-order chi connectivity index (χ0) is 18.8. The summed E-state index contributed by atoms with van der Waals surface area (Å²) in [6, 6.07) is 14.5. The zero-order valence-corrected chi connectivity index (χ0v) is 14.8. The van der Waals surface area contributed by atoms with Crippen LogP contribution in [0.4, 0.5) is 8.78 Å². The van der Waals surface area contributed by atoms with E-state index in [1.54, 1.807) is 0 Å². The van der Waals surface area contributed by atoms with E-state index in [1.165, 1.54) is 10.6 Å². The van der Waals surface area contributed by atoms with Crippen LogP contribution in [0.3, 0.4) is 0 Å². The van der Waals surface area contributed by atoms with Gasteiger partial charge >= 0.3 is 0 Å². The summed E-state index contributed by atoms with van der Waals surface area (Å²) < 4.78 is 28.3. The van der Waals surface area contributed by atoms with Crippen molar-refractivity contribution in [3.63, 3.8) is 0 Å². The first kappa shape index (κ1) is 17.4. The van der Waals surface area contributed by atoms with Crippen LogP contribution in [0, 0.1) is 11.6 Å². The molecule has 2 aromatic heterocycles. The summed E-state index contributed by atoms with van der Waals surface area (Å²) in [5.41, 5.74) is 1.54. The molecular formula is C19H14F2N4OS. The number of aromatic hydroxyl groups is 1. The average molecular weight is 384 g/mol. The molecule has 0 saturated heterocycles. The van der Waals surface area contributed by atoms with Crippen molar-refractivity contribution in [3.8, 4) is 5.88 Å². The highest BCUT2D eigenvalue weighted by atomic mass is 32.2. The first-order valence-electron chi connectivity index (χ1n) is 8.15. The zero-order valence-electron chi connectivity index (χ0n) is 14.0. The maximum atomic E-state index is 13.7. The van der Waals surface area contributed by atoms with Crippen LogP contribution in [0.2, 0.25) is 0 Å². The third-order valence-electron chi connectivity index (χ3n) is 3.86. The molecule has 136 valence electrons. The largest absolute Gasteiger partial charge is 0.493 e. The van der Waals surface area contributed by atoms with Crippen molar-refractivity contribution < 1.29 is 13.9 Å². The van der Waals surface area contributed by atoms with Crippen LogP contribution in [0.5, 0.6) is 5.88 Å². The Labute approximate surface area is 157 Å². The maximum absolute atomic E-state index is 13.7. The molecule has 0 aliphatic heterocycles. The third kappa shape index (κ3) is 3.90. The number of halogens is 2. The topological polar surface area (TPSA) is 63.3 Å². The van der Waals surface area contributed by atoms with E-state index in [0.29, 0.717) is 17.9 Å². The summed E-state index contributed by atoms with van der Waals surface area (Å²) >= 11 is 1.09. The number of fused-ring (bicyclic) bond motifs is 1. The van der Waals surface area contributed by atoms with Crippen LogP contribution < -0.4 is 0 Å². The second kappa shape index (κ2) is 7.32. The van der Waals surface area contributed by atoms with Crippen LogP contribution in [0.1, 0.15) is 17.1 Å². The summed E-state index contributed by atoms with van der Waals surface area (Å²) in [7, 11) is 0. The second-order valence-corrected chi connectivity index (χ2v) is 6.89. The van der Waals surface area contributed by atoms with Gasteiger partial charge in [0.2, 0.25) is 5.88 Å². The van der Waals surface area contributed by atoms with Gasteiger partial charge in [-0.05, 0) is 23.8 Å². The van der Waals surface area contributed by atoms with Gasteiger partial charge in [0, 0.05) is 23.1 Å². The molecule has 0 aliphatic carbocycles. The maximum Gasteiger partial charge on any atom is 0.255 e. The first-order valence-corrected chi connectivity index (χ1v) is 9.13. The molecule has 0 aliphatic rings. The van der Waals surface area contributed by atoms with Crippen LogP contribution in [0.25, 0.3) is 5.78 Å². The molecular weight excluding hydrogens is 370 g/mol. The van der Waals surface area contributed by atoms with Crippen LogP contribution in [-0.2, 0) is 12.2 Å². The smallest absolute Gasteiger partial charge is 0.255 e. The fourth-order valence-corrected chi connectivity index (χ4v) is 3.46. The van der Waals surface area contributed by atoms with Gasteiger partial charge in [-0.2, -0.15) is 9.50 Å². The van der Waals surface area contributed by atoms with E-state index in [-0.39, 0.29) is 22.3 Å². The lowest BCUT2D eigenvalue weighted by molar-refractivity contribution is 0.434. The Balaban J connectivity index is 1.56. The second-order valence-electron chi connectivity index (χ2n) is 5.87. The third-order valence-corrected chi connectivity index (χ3v) is 4.93. The van der Waals surface area contributed by atoms with Gasteiger partial charge in [0.25, 0.3) is 5.78 Å². The van der Waals surface area contributed by atoms with E-state index < -0.39 is 11.6 Å². The van der Waals surface area contributed by atoms with Gasteiger partial charge in [0.05, 0.1) is 5.69 Å². The molecule has 0 unspecified atom stereocenters. The number of thioether (sulfide) groups is 1. The van der Waals surface area contributed by atoms with Crippen LogP contribution in [0.15, 0.2) is 59.5 Å². The quantitative estimate of drug-likeness (QED) is 0.527. The Morgan fingerprint density at radius 1 is 1.00 bits per heavy atom. The molecule has 0 fully saturated rings. The van der Waals surface area contributed by atoms with E-state index in [2.05, 4.69) is 15.1 Å². The van der Waals surface area contributed by atoms with E-state index in [1.807, 2.05) is 30.3 Å². The fourth-order valence-electron chi connectivity index (χ4n) is 2.61. The molecule has 1 N–H and O–H groups in total. The number of aromatic nitrogens is 4. The Bertz CT molecular complexity index is 1100. The van der Waals surface area contributed by atoms with Crippen molar-refractivity contribution in [1.29, 1.82) is 0 Å². The molecule has 5 nitrogen and oxygen atoms in total. The molecule has 0 saturated carbocycles. The normalized spacial score (nSPS) is 11.2. The number of nitrogens with zero attached hydrogens (tertiary/aromatic N) is 4. The predicted octanol–water partition coefficient (Wildman–Crippen LogP) is 3.99. The molecule has 2 aromatic carbocycles. The predicted molar refractivity (Wildman–Crippen MR) is 97.6 cm³/mol. The molecule has 4 rings (SSSR count). The van der Waals surface area contributed by atoms with Crippen molar-refractivity contribution >= 4 is 17.5 Å². The van der Waals surface area contributed by atoms with E-state index in [4.69, 9.17) is 0 Å². The van der Waals surface area contributed by atoms with Crippen molar-refractivity contribution in [2.45, 2.75) is 17.1 Å². The number of hydrogen-bond donors (Lipinski definition) is 1. The summed E-state index contributed by atoms with van der Waals surface area (Å²) in [6.45, 7) is 0. The van der Waals surface area contributed by atoms with Crippen molar-refractivity contribution in [2.75, 3.05) is 0 Å². The minimum Gasteiger partial charge on any atom is -0.493 e. The lowest BCUT2D eigenvalue weighted by atomic mass is 10.1. The van der Waals surface area contributed by atoms with Crippen LogP contribution in [-0.4, -0.2) is 24.7 Å². The minimum absolute atomic E-state index is 0.109. The molecule has 4 aromatic rings. The molecule has 8 heteroatoms. The standard InChI is InChI=1S/C19H14F2N4OS/c20-13-6-7-15(21)16(9-13)27-11-14-10-18(26)25-19(22-14)23-17(24-25)8-12-4-2-1-3-5-12/h1-7,9-10,26H,8,11H2. The Hall–Kier alpha value is -3.00. The highest BCUT2D eigenvalue weighted by molar-refractivity contribution is 7.98. The van der Waals surface area contributed by atoms with E-state index in [0.717, 1.165) is 35.5 Å². The number of hydrogen-bond acceptors (Lipinski definition) is 5. The average Bonchev–Trinajstić information content (AvgIpc) is 3.06. The van der Waals surface area contributed by atoms with Crippen LogP contribution >= 0.6 is 11.8 Å². The molecule has 0 atom stereocenters. The molecule has 0 amide bonds. The summed E-state index contributed by atoms with van der Waals surface area (Å²) in [5, 5.41) is 14.5. The Morgan fingerprint density at radius 3 is 2.63 bits per heavy atom. The van der Waals surface area contributed by atoms with Gasteiger partial charge in [0.15, 0.2) is 5.82 Å². The summed E-state index contributed by atoms with van der Waals surface area (Å²) in [6.07, 6.45) is 0.516. The molecule has 0 spiro atoms. The highest BCUT2D eigenvalue weighted by Crippen LogP contribution is 2.27. The summed E-state index contributed by atoms with van der Waals surface area (Å²) in [5.74, 6) is -0.0680. The summed E-state index contributed by atoms with van der Waals surface area (Å²) in [4.78, 5) is 8.89. The fraction of sp³-hybridized carbons (Fsp3) is 0.105. The van der Waals surface area contributed by atoms with Crippen molar-refractivity contribution in [2.24, 2.45) is 0 Å². The minimum atomic E-state index is -0.506. The van der Waals surface area contributed by atoms with E-state index >= 15 is 0 Å². The lowest BCUT2D eigenvalue weighted by Crippen LogP contribution is -1.96.